The first-order chi connectivity index (χ1) is 9.57. The number of nitrogens with zero attached hydrogens (tertiary/aromatic N) is 1. The van der Waals surface area contributed by atoms with Crippen LogP contribution in [0.25, 0.3) is 11.3 Å². The summed E-state index contributed by atoms with van der Waals surface area (Å²) in [5.74, 6) is 0.473. The summed E-state index contributed by atoms with van der Waals surface area (Å²) < 4.78 is 26.3. The zero-order valence-electron chi connectivity index (χ0n) is 11.0. The van der Waals surface area contributed by atoms with Crippen LogP contribution in [0.2, 0.25) is 0 Å². The molecule has 1 fully saturated rings. The molecule has 1 saturated heterocycles. The molecule has 6 heteroatoms. The third kappa shape index (κ3) is 2.58. The Bertz CT molecular complexity index is 760. The lowest BCUT2D eigenvalue weighted by atomic mass is 10.1. The molecule has 0 spiro atoms. The molecule has 0 bridgehead atoms. The van der Waals surface area contributed by atoms with Crippen LogP contribution in [-0.4, -0.2) is 29.5 Å². The fraction of sp³-hybridized carbons (Fsp3) is 0.357. The second-order valence-electron chi connectivity index (χ2n) is 5.13. The number of aromatic nitrogens is 2. The fourth-order valence-electron chi connectivity index (χ4n) is 2.77. The van der Waals surface area contributed by atoms with Crippen LogP contribution in [0.15, 0.2) is 36.5 Å². The largest absolute Gasteiger partial charge is 0.337 e. The minimum atomic E-state index is -2.95. The van der Waals surface area contributed by atoms with Crippen LogP contribution >= 0.6 is 12.2 Å². The van der Waals surface area contributed by atoms with Gasteiger partial charge in [-0.25, -0.2) is 8.42 Å². The van der Waals surface area contributed by atoms with Crippen molar-refractivity contribution in [1.29, 1.82) is 0 Å². The van der Waals surface area contributed by atoms with Gasteiger partial charge in [0.25, 0.3) is 0 Å². The van der Waals surface area contributed by atoms with Crippen LogP contribution in [0.5, 0.6) is 0 Å². The molecule has 1 aromatic carbocycles. The quantitative estimate of drug-likeness (QED) is 0.868. The highest BCUT2D eigenvalue weighted by Gasteiger charge is 2.27. The highest BCUT2D eigenvalue weighted by Crippen LogP contribution is 2.29. The van der Waals surface area contributed by atoms with Gasteiger partial charge in [0, 0.05) is 6.20 Å². The monoisotopic (exact) mass is 308 g/mol. The van der Waals surface area contributed by atoms with E-state index in [9.17, 15) is 8.42 Å². The Hall–Kier alpha value is -1.40. The molecule has 0 amide bonds. The summed E-state index contributed by atoms with van der Waals surface area (Å²) >= 11 is 5.34. The van der Waals surface area contributed by atoms with Gasteiger partial charge in [0.1, 0.15) is 0 Å². The van der Waals surface area contributed by atoms with Crippen LogP contribution in [0.4, 0.5) is 0 Å². The van der Waals surface area contributed by atoms with Crippen molar-refractivity contribution in [1.82, 2.24) is 9.55 Å². The molecular weight excluding hydrogens is 292 g/mol. The van der Waals surface area contributed by atoms with Crippen molar-refractivity contribution in [3.8, 4) is 11.3 Å². The van der Waals surface area contributed by atoms with Crippen molar-refractivity contribution in [3.05, 3.63) is 41.3 Å². The first-order valence-electron chi connectivity index (χ1n) is 6.62. The number of nitrogens with one attached hydrogen (secondary N) is 1. The zero-order chi connectivity index (χ0) is 14.2. The molecule has 4 nitrogen and oxygen atoms in total. The molecule has 20 heavy (non-hydrogen) atoms. The van der Waals surface area contributed by atoms with E-state index >= 15 is 0 Å². The predicted molar refractivity (Wildman–Crippen MR) is 82.0 cm³/mol. The highest BCUT2D eigenvalue weighted by molar-refractivity contribution is 7.91. The number of imidazole rings is 1. The van der Waals surface area contributed by atoms with E-state index in [1.165, 1.54) is 0 Å². The molecule has 0 radical (unpaired) electrons. The number of sulfone groups is 1. The van der Waals surface area contributed by atoms with E-state index in [2.05, 4.69) is 4.98 Å². The van der Waals surface area contributed by atoms with Gasteiger partial charge in [0.15, 0.2) is 14.6 Å². The summed E-state index contributed by atoms with van der Waals surface area (Å²) in [6, 6.07) is 9.83. The van der Waals surface area contributed by atoms with Gasteiger partial charge in [-0.05, 0) is 30.6 Å². The third-order valence-electron chi connectivity index (χ3n) is 3.68. The van der Waals surface area contributed by atoms with Crippen molar-refractivity contribution in [2.75, 3.05) is 11.5 Å². The first-order valence-corrected chi connectivity index (χ1v) is 8.85. The number of aromatic amines is 1. The van der Waals surface area contributed by atoms with Crippen LogP contribution < -0.4 is 0 Å². The van der Waals surface area contributed by atoms with Gasteiger partial charge >= 0.3 is 0 Å². The Morgan fingerprint density at radius 3 is 2.70 bits per heavy atom. The lowest BCUT2D eigenvalue weighted by molar-refractivity contribution is 0.469. The fourth-order valence-corrected chi connectivity index (χ4v) is 4.76. The van der Waals surface area contributed by atoms with Crippen molar-refractivity contribution in [2.24, 2.45) is 0 Å². The van der Waals surface area contributed by atoms with E-state index in [-0.39, 0.29) is 11.8 Å². The average Bonchev–Trinajstić information content (AvgIpc) is 2.80. The van der Waals surface area contributed by atoms with E-state index < -0.39 is 9.84 Å². The van der Waals surface area contributed by atoms with Gasteiger partial charge in [-0.2, -0.15) is 0 Å². The van der Waals surface area contributed by atoms with E-state index in [4.69, 9.17) is 12.2 Å². The predicted octanol–water partition coefficient (Wildman–Crippen LogP) is 2.96. The minimum absolute atomic E-state index is 0.0669. The maximum Gasteiger partial charge on any atom is 0.177 e. The Morgan fingerprint density at radius 2 is 2.00 bits per heavy atom. The first kappa shape index (κ1) is 13.6. The molecule has 1 unspecified atom stereocenters. The second kappa shape index (κ2) is 5.18. The number of hydrogen-bond donors (Lipinski definition) is 1. The van der Waals surface area contributed by atoms with E-state index in [0.29, 0.717) is 16.9 Å². The van der Waals surface area contributed by atoms with Crippen molar-refractivity contribution >= 4 is 22.1 Å². The van der Waals surface area contributed by atoms with Crippen molar-refractivity contribution in [2.45, 2.75) is 18.9 Å². The van der Waals surface area contributed by atoms with Gasteiger partial charge in [-0.15, -0.1) is 0 Å². The van der Waals surface area contributed by atoms with Gasteiger partial charge in [-0.1, -0.05) is 30.3 Å². The molecule has 1 atom stereocenters. The number of benzene rings is 1. The molecule has 1 aromatic heterocycles. The van der Waals surface area contributed by atoms with Crippen LogP contribution in [0.3, 0.4) is 0 Å². The Balaban J connectivity index is 2.06. The van der Waals surface area contributed by atoms with Crippen molar-refractivity contribution in [3.63, 3.8) is 0 Å². The molecule has 3 rings (SSSR count). The summed E-state index contributed by atoms with van der Waals surface area (Å²) in [5, 5.41) is 0. The minimum Gasteiger partial charge on any atom is -0.337 e. The molecule has 1 aliphatic heterocycles. The number of rotatable bonds is 2. The molecule has 0 aliphatic carbocycles. The SMILES string of the molecule is O=S1(=O)CCCC(n2c(-c3ccccc3)c[nH]c2=S)C1. The lowest BCUT2D eigenvalue weighted by Gasteiger charge is -2.25. The van der Waals surface area contributed by atoms with E-state index in [1.807, 2.05) is 41.1 Å². The summed E-state index contributed by atoms with van der Waals surface area (Å²) in [5.41, 5.74) is 2.00. The zero-order valence-corrected chi connectivity index (χ0v) is 12.6. The third-order valence-corrected chi connectivity index (χ3v) is 5.80. The van der Waals surface area contributed by atoms with Crippen LogP contribution in [0.1, 0.15) is 18.9 Å². The smallest absolute Gasteiger partial charge is 0.177 e. The highest BCUT2D eigenvalue weighted by atomic mass is 32.2. The number of hydrogen-bond acceptors (Lipinski definition) is 3. The molecule has 2 heterocycles. The van der Waals surface area contributed by atoms with Gasteiger partial charge < -0.3 is 9.55 Å². The van der Waals surface area contributed by atoms with E-state index in [1.54, 1.807) is 0 Å². The maximum absolute atomic E-state index is 11.9. The summed E-state index contributed by atoms with van der Waals surface area (Å²) in [7, 11) is -2.95. The van der Waals surface area contributed by atoms with Gasteiger partial charge in [0.05, 0.1) is 23.2 Å². The Kier molecular flexibility index (Phi) is 3.52. The summed E-state index contributed by atoms with van der Waals surface area (Å²) in [4.78, 5) is 3.04. The molecule has 0 saturated carbocycles. The lowest BCUT2D eigenvalue weighted by Crippen LogP contribution is -2.28. The summed E-state index contributed by atoms with van der Waals surface area (Å²) in [6.07, 6.45) is 3.41. The van der Waals surface area contributed by atoms with Crippen LogP contribution in [0, 0.1) is 4.77 Å². The Morgan fingerprint density at radius 1 is 1.25 bits per heavy atom. The Labute approximate surface area is 123 Å². The van der Waals surface area contributed by atoms with Gasteiger partial charge in [0.2, 0.25) is 0 Å². The van der Waals surface area contributed by atoms with Gasteiger partial charge in [-0.3, -0.25) is 0 Å². The summed E-state index contributed by atoms with van der Waals surface area (Å²) in [6.45, 7) is 0. The van der Waals surface area contributed by atoms with E-state index in [0.717, 1.165) is 17.7 Å². The molecule has 2 aromatic rings. The topological polar surface area (TPSA) is 54.9 Å². The normalized spacial score (nSPS) is 21.7. The second-order valence-corrected chi connectivity index (χ2v) is 7.74. The molecule has 106 valence electrons. The maximum atomic E-state index is 11.9. The molecule has 1 aliphatic rings. The average molecular weight is 308 g/mol. The van der Waals surface area contributed by atoms with Crippen molar-refractivity contribution < 1.29 is 8.42 Å². The molecule has 1 N–H and O–H groups in total. The number of H-pyrrole nitrogens is 1. The van der Waals surface area contributed by atoms with Crippen LogP contribution in [-0.2, 0) is 9.84 Å². The molecular formula is C14H16N2O2S2. The standard InChI is InChI=1S/C14H16N2O2S2/c17-20(18)8-4-7-12(10-20)16-13(9-15-14(16)19)11-5-2-1-3-6-11/h1-3,5-6,9,12H,4,7-8,10H2,(H,15,19).